The molecule has 2 N–H and O–H groups in total. The fourth-order valence-electron chi connectivity index (χ4n) is 1.75. The minimum Gasteiger partial charge on any atom is -0.484 e. The Morgan fingerprint density at radius 2 is 2.20 bits per heavy atom. The van der Waals surface area contributed by atoms with Crippen LogP contribution in [0.1, 0.15) is 24.7 Å². The summed E-state index contributed by atoms with van der Waals surface area (Å²) in [6.07, 6.45) is 2.74. The van der Waals surface area contributed by atoms with Crippen molar-refractivity contribution < 1.29 is 9.26 Å². The lowest BCUT2D eigenvalue weighted by Crippen LogP contribution is -2.21. The normalized spacial score (nSPS) is 12.4. The molecular weight excluding hydrogens is 301 g/mol. The summed E-state index contributed by atoms with van der Waals surface area (Å²) < 4.78 is 10.3. The van der Waals surface area contributed by atoms with Gasteiger partial charge in [0.25, 0.3) is 0 Å². The smallest absolute Gasteiger partial charge is 0.213 e. The highest BCUT2D eigenvalue weighted by molar-refractivity contribution is 6.35. The molecule has 0 aliphatic heterocycles. The second-order valence-corrected chi connectivity index (χ2v) is 5.23. The Hall–Kier alpha value is -1.30. The molecule has 0 spiro atoms. The molecule has 0 saturated heterocycles. The van der Waals surface area contributed by atoms with E-state index in [9.17, 15) is 0 Å². The molecule has 1 aromatic carbocycles. The van der Waals surface area contributed by atoms with Crippen LogP contribution in [0.15, 0.2) is 23.0 Å². The van der Waals surface area contributed by atoms with Crippen molar-refractivity contribution in [3.8, 4) is 5.75 Å². The van der Waals surface area contributed by atoms with E-state index in [4.69, 9.17) is 33.7 Å². The van der Waals surface area contributed by atoms with E-state index in [1.807, 2.05) is 13.0 Å². The first-order valence-corrected chi connectivity index (χ1v) is 6.97. The van der Waals surface area contributed by atoms with Crippen LogP contribution in [-0.2, 0) is 13.0 Å². The molecule has 5 nitrogen and oxygen atoms in total. The van der Waals surface area contributed by atoms with Crippen LogP contribution in [0, 0.1) is 0 Å². The van der Waals surface area contributed by atoms with Gasteiger partial charge < -0.3 is 15.0 Å². The maximum Gasteiger partial charge on any atom is 0.213 e. The zero-order valence-electron chi connectivity index (χ0n) is 11.0. The summed E-state index contributed by atoms with van der Waals surface area (Å²) in [6, 6.07) is 3.47. The van der Waals surface area contributed by atoms with E-state index in [0.29, 0.717) is 28.0 Å². The Morgan fingerprint density at radius 3 is 2.85 bits per heavy atom. The summed E-state index contributed by atoms with van der Waals surface area (Å²) in [4.78, 5) is 3.89. The first-order chi connectivity index (χ1) is 9.60. The number of aromatic nitrogens is 2. The lowest BCUT2D eigenvalue weighted by atomic mass is 10.0. The third kappa shape index (κ3) is 3.85. The number of nitrogens with two attached hydrogens (primary N) is 1. The zero-order valence-corrected chi connectivity index (χ0v) is 12.5. The van der Waals surface area contributed by atoms with Crippen LogP contribution < -0.4 is 10.5 Å². The predicted octanol–water partition coefficient (Wildman–Crippen LogP) is 3.24. The lowest BCUT2D eigenvalue weighted by Gasteiger charge is -2.15. The van der Waals surface area contributed by atoms with E-state index >= 15 is 0 Å². The maximum atomic E-state index is 6.19. The molecule has 0 aliphatic carbocycles. The van der Waals surface area contributed by atoms with E-state index < -0.39 is 0 Å². The molecule has 0 fully saturated rings. The van der Waals surface area contributed by atoms with Crippen molar-refractivity contribution in [2.75, 3.05) is 0 Å². The van der Waals surface area contributed by atoms with E-state index in [1.165, 1.54) is 6.39 Å². The highest BCUT2D eigenvalue weighted by atomic mass is 35.5. The number of rotatable bonds is 6. The van der Waals surface area contributed by atoms with Gasteiger partial charge in [-0.05, 0) is 30.5 Å². The highest BCUT2D eigenvalue weighted by Crippen LogP contribution is 2.33. The zero-order chi connectivity index (χ0) is 14.5. The van der Waals surface area contributed by atoms with Gasteiger partial charge in [0.05, 0.1) is 5.02 Å². The highest BCUT2D eigenvalue weighted by Gasteiger charge is 2.14. The Balaban J connectivity index is 2.20. The van der Waals surface area contributed by atoms with Crippen LogP contribution in [-0.4, -0.2) is 16.2 Å². The number of benzene rings is 1. The van der Waals surface area contributed by atoms with E-state index in [-0.39, 0.29) is 12.6 Å². The van der Waals surface area contributed by atoms with Gasteiger partial charge in [0.15, 0.2) is 6.61 Å². The number of hydrogen-bond donors (Lipinski definition) is 1. The van der Waals surface area contributed by atoms with Gasteiger partial charge >= 0.3 is 0 Å². The molecule has 2 aromatic rings. The van der Waals surface area contributed by atoms with Gasteiger partial charge in [-0.25, -0.2) is 0 Å². The van der Waals surface area contributed by atoms with Gasteiger partial charge in [-0.3, -0.25) is 0 Å². The average molecular weight is 316 g/mol. The molecule has 20 heavy (non-hydrogen) atoms. The minimum atomic E-state index is 0.0251. The molecule has 0 bridgehead atoms. The topological polar surface area (TPSA) is 74.2 Å². The lowest BCUT2D eigenvalue weighted by molar-refractivity contribution is 0.283. The van der Waals surface area contributed by atoms with E-state index in [2.05, 4.69) is 14.7 Å². The first kappa shape index (κ1) is 15.1. The minimum absolute atomic E-state index is 0.0251. The molecule has 7 heteroatoms. The van der Waals surface area contributed by atoms with Crippen molar-refractivity contribution >= 4 is 23.2 Å². The number of hydrogen-bond acceptors (Lipinski definition) is 5. The summed E-state index contributed by atoms with van der Waals surface area (Å²) >= 11 is 12.2. The molecule has 0 radical (unpaired) electrons. The molecule has 0 saturated carbocycles. The van der Waals surface area contributed by atoms with Gasteiger partial charge in [0.2, 0.25) is 12.2 Å². The largest absolute Gasteiger partial charge is 0.484 e. The quantitative estimate of drug-likeness (QED) is 0.885. The van der Waals surface area contributed by atoms with Gasteiger partial charge in [-0.15, -0.1) is 0 Å². The second-order valence-electron chi connectivity index (χ2n) is 4.38. The summed E-state index contributed by atoms with van der Waals surface area (Å²) in [6.45, 7) is 2.20. The van der Waals surface area contributed by atoms with Crippen LogP contribution in [0.3, 0.4) is 0 Å². The van der Waals surface area contributed by atoms with Crippen molar-refractivity contribution in [3.05, 3.63) is 40.0 Å². The van der Waals surface area contributed by atoms with Crippen LogP contribution in [0.2, 0.25) is 10.0 Å². The Morgan fingerprint density at radius 1 is 1.40 bits per heavy atom. The molecule has 0 amide bonds. The Kier molecular flexibility index (Phi) is 5.23. The van der Waals surface area contributed by atoms with Crippen molar-refractivity contribution in [2.24, 2.45) is 5.73 Å². The molecule has 1 heterocycles. The summed E-state index contributed by atoms with van der Waals surface area (Å²) in [5.74, 6) is 1.01. The van der Waals surface area contributed by atoms with Gasteiger partial charge in [0, 0.05) is 11.1 Å². The maximum absolute atomic E-state index is 6.19. The average Bonchev–Trinajstić information content (AvgIpc) is 2.90. The molecular formula is C13H15Cl2N3O2. The third-order valence-electron chi connectivity index (χ3n) is 2.84. The first-order valence-electron chi connectivity index (χ1n) is 6.21. The number of ether oxygens (including phenoxy) is 1. The SMILES string of the molecule is CCC(N)Cc1cc(Cl)cc(Cl)c1OCc1ncon1. The summed E-state index contributed by atoms with van der Waals surface area (Å²) in [7, 11) is 0. The second kappa shape index (κ2) is 6.92. The fraction of sp³-hybridized carbons (Fsp3) is 0.385. The summed E-state index contributed by atoms with van der Waals surface area (Å²) in [5, 5.41) is 4.68. The standard InChI is InChI=1S/C13H15Cl2N3O2/c1-2-10(16)4-8-3-9(14)5-11(15)13(8)19-6-12-17-7-20-18-12/h3,5,7,10H,2,4,6,16H2,1H3. The third-order valence-corrected chi connectivity index (χ3v) is 3.34. The van der Waals surface area contributed by atoms with Gasteiger partial charge in [-0.1, -0.05) is 35.3 Å². The van der Waals surface area contributed by atoms with E-state index in [1.54, 1.807) is 6.07 Å². The van der Waals surface area contributed by atoms with Gasteiger partial charge in [-0.2, -0.15) is 4.98 Å². The molecule has 1 aromatic heterocycles. The monoisotopic (exact) mass is 315 g/mol. The number of halogens is 2. The molecule has 108 valence electrons. The molecule has 2 rings (SSSR count). The predicted molar refractivity (Wildman–Crippen MR) is 77.1 cm³/mol. The summed E-state index contributed by atoms with van der Waals surface area (Å²) in [5.41, 5.74) is 6.86. The number of nitrogens with zero attached hydrogens (tertiary/aromatic N) is 2. The van der Waals surface area contributed by atoms with Crippen LogP contribution in [0.25, 0.3) is 0 Å². The molecule has 1 atom stereocenters. The van der Waals surface area contributed by atoms with Gasteiger partial charge in [0.1, 0.15) is 5.75 Å². The van der Waals surface area contributed by atoms with Crippen molar-refractivity contribution in [2.45, 2.75) is 32.4 Å². The van der Waals surface area contributed by atoms with E-state index in [0.717, 1.165) is 12.0 Å². The van der Waals surface area contributed by atoms with Crippen LogP contribution in [0.4, 0.5) is 0 Å². The Labute approximate surface area is 127 Å². The Bertz CT molecular complexity index is 561. The van der Waals surface area contributed by atoms with Crippen molar-refractivity contribution in [1.29, 1.82) is 0 Å². The van der Waals surface area contributed by atoms with Crippen molar-refractivity contribution in [1.82, 2.24) is 10.1 Å². The molecule has 1 unspecified atom stereocenters. The van der Waals surface area contributed by atoms with Crippen LogP contribution in [0.5, 0.6) is 5.75 Å². The van der Waals surface area contributed by atoms with Crippen molar-refractivity contribution in [3.63, 3.8) is 0 Å². The van der Waals surface area contributed by atoms with Crippen LogP contribution >= 0.6 is 23.2 Å². The fourth-order valence-corrected chi connectivity index (χ4v) is 2.34. The molecule has 0 aliphatic rings.